The minimum Gasteiger partial charge on any atom is -0.485 e. The highest BCUT2D eigenvalue weighted by molar-refractivity contribution is 7.90. The summed E-state index contributed by atoms with van der Waals surface area (Å²) in [4.78, 5) is 17.8. The normalized spacial score (nSPS) is 15.8. The average molecular weight is 595 g/mol. The van der Waals surface area contributed by atoms with Gasteiger partial charge in [0.2, 0.25) is 7.37 Å². The lowest BCUT2D eigenvalue weighted by Gasteiger charge is -2.19. The van der Waals surface area contributed by atoms with Gasteiger partial charge in [-0.3, -0.25) is 14.7 Å². The van der Waals surface area contributed by atoms with Crippen LogP contribution in [0.2, 0.25) is 0 Å². The number of aromatic nitrogens is 1. The number of thiazole rings is 1. The summed E-state index contributed by atoms with van der Waals surface area (Å²) in [5, 5.41) is 4.87. The van der Waals surface area contributed by atoms with E-state index in [1.165, 1.54) is 23.5 Å². The largest absolute Gasteiger partial charge is 0.485 e. The number of ether oxygens (including phenoxy) is 3. The molecule has 2 aromatic carbocycles. The van der Waals surface area contributed by atoms with Gasteiger partial charge < -0.3 is 18.7 Å². The second kappa shape index (κ2) is 11.8. The van der Waals surface area contributed by atoms with E-state index >= 15 is 0 Å². The fourth-order valence-corrected chi connectivity index (χ4v) is 6.71. The number of hydrogen-bond acceptors (Lipinski definition) is 10. The number of methoxy groups -OCH3 is 1. The molecule has 210 valence electrons. The first-order valence-corrected chi connectivity index (χ1v) is 17.2. The fourth-order valence-electron chi connectivity index (χ4n) is 3.86. The van der Waals surface area contributed by atoms with Crippen molar-refractivity contribution in [1.29, 1.82) is 0 Å². The van der Waals surface area contributed by atoms with Crippen LogP contribution in [0.5, 0.6) is 17.2 Å². The molecule has 0 bridgehead atoms. The first-order chi connectivity index (χ1) is 18.4. The molecule has 1 amide bonds. The molecular formula is C26H31N2O8PS2. The zero-order valence-electron chi connectivity index (χ0n) is 22.1. The van der Waals surface area contributed by atoms with E-state index in [1.807, 2.05) is 0 Å². The highest BCUT2D eigenvalue weighted by Crippen LogP contribution is 2.46. The Kier molecular flexibility index (Phi) is 8.82. The van der Waals surface area contributed by atoms with Gasteiger partial charge in [-0.2, -0.15) is 0 Å². The molecule has 13 heteroatoms. The van der Waals surface area contributed by atoms with Crippen molar-refractivity contribution in [2.24, 2.45) is 0 Å². The van der Waals surface area contributed by atoms with Crippen LogP contribution in [0.3, 0.4) is 0 Å². The number of carbonyl (C=O) groups is 1. The van der Waals surface area contributed by atoms with Gasteiger partial charge in [-0.1, -0.05) is 0 Å². The lowest BCUT2D eigenvalue weighted by molar-refractivity contribution is 0.0637. The molecule has 4 rings (SSSR count). The van der Waals surface area contributed by atoms with Crippen LogP contribution in [-0.2, 0) is 29.8 Å². The molecule has 1 aliphatic rings. The maximum Gasteiger partial charge on any atom is 0.257 e. The van der Waals surface area contributed by atoms with E-state index in [4.69, 9.17) is 18.7 Å². The number of amides is 1. The van der Waals surface area contributed by atoms with Gasteiger partial charge in [-0.05, 0) is 56.2 Å². The molecule has 1 atom stereocenters. The molecule has 1 N–H and O–H groups in total. The van der Waals surface area contributed by atoms with Gasteiger partial charge in [0, 0.05) is 37.0 Å². The van der Waals surface area contributed by atoms with Crippen molar-refractivity contribution in [3.63, 3.8) is 0 Å². The number of nitrogens with one attached hydrogen (secondary N) is 1. The quantitative estimate of drug-likeness (QED) is 0.252. The van der Waals surface area contributed by atoms with Crippen LogP contribution in [0.25, 0.3) is 0 Å². The second-order valence-corrected chi connectivity index (χ2v) is 14.9. The Bertz CT molecular complexity index is 1480. The zero-order valence-corrected chi connectivity index (χ0v) is 24.7. The van der Waals surface area contributed by atoms with Crippen LogP contribution in [0.1, 0.15) is 35.8 Å². The number of hydrogen-bond donors (Lipinski definition) is 1. The molecule has 1 heterocycles. The average Bonchev–Trinajstić information content (AvgIpc) is 3.46. The maximum atomic E-state index is 13.2. The lowest BCUT2D eigenvalue weighted by atomic mass is 10.2. The van der Waals surface area contributed by atoms with Crippen molar-refractivity contribution in [3.8, 4) is 17.2 Å². The Morgan fingerprint density at radius 3 is 2.44 bits per heavy atom. The Hall–Kier alpha value is -2.76. The molecule has 1 aromatic heterocycles. The highest BCUT2D eigenvalue weighted by atomic mass is 32.2. The van der Waals surface area contributed by atoms with Crippen molar-refractivity contribution in [3.05, 3.63) is 59.1 Å². The molecule has 1 fully saturated rings. The predicted octanol–water partition coefficient (Wildman–Crippen LogP) is 5.59. The Balaban J connectivity index is 1.56. The second-order valence-electron chi connectivity index (χ2n) is 9.44. The van der Waals surface area contributed by atoms with Crippen LogP contribution in [-0.4, -0.2) is 58.2 Å². The van der Waals surface area contributed by atoms with Gasteiger partial charge >= 0.3 is 0 Å². The van der Waals surface area contributed by atoms with Gasteiger partial charge in [0.15, 0.2) is 15.0 Å². The third-order valence-corrected chi connectivity index (χ3v) is 9.44. The molecule has 1 aliphatic carbocycles. The number of sulfone groups is 1. The summed E-state index contributed by atoms with van der Waals surface area (Å²) in [5.74, 6) is 0.733. The lowest BCUT2D eigenvalue weighted by Crippen LogP contribution is -2.24. The standard InChI is InChI=1S/C26H31N2O8PS2/c1-5-34-37(3,30)15-19-16-38-25(27-19)28-24(29)18-12-21(14-22(13-18)36-26(10-11-26)17-33-2)35-20-6-8-23(9-7-20)39(4,31)32/h6-9,12-14,16H,5,10-11,15,17H2,1-4H3,(H,27,28,29). The van der Waals surface area contributed by atoms with Gasteiger partial charge in [-0.15, -0.1) is 11.3 Å². The number of benzene rings is 2. The predicted molar refractivity (Wildman–Crippen MR) is 149 cm³/mol. The van der Waals surface area contributed by atoms with E-state index in [9.17, 15) is 17.8 Å². The molecule has 0 spiro atoms. The summed E-state index contributed by atoms with van der Waals surface area (Å²) in [5.41, 5.74) is 0.399. The van der Waals surface area contributed by atoms with Crippen LogP contribution in [0.4, 0.5) is 5.13 Å². The van der Waals surface area contributed by atoms with Crippen molar-refractivity contribution in [1.82, 2.24) is 4.98 Å². The molecule has 1 unspecified atom stereocenters. The van der Waals surface area contributed by atoms with Gasteiger partial charge in [-0.25, -0.2) is 13.4 Å². The third kappa shape index (κ3) is 8.12. The number of rotatable bonds is 13. The number of nitrogens with zero attached hydrogens (tertiary/aromatic N) is 1. The van der Waals surface area contributed by atoms with Gasteiger partial charge in [0.05, 0.1) is 30.0 Å². The minimum atomic E-state index is -3.35. The maximum absolute atomic E-state index is 13.2. The molecule has 0 radical (unpaired) electrons. The zero-order chi connectivity index (χ0) is 28.3. The topological polar surface area (TPSA) is 130 Å². The van der Waals surface area contributed by atoms with E-state index < -0.39 is 28.7 Å². The SMILES string of the molecule is CCOP(C)(=O)Cc1csc(NC(=O)c2cc(Oc3ccc(S(C)(=O)=O)cc3)cc(OC3(COC)CC3)c2)n1. The third-order valence-electron chi connectivity index (χ3n) is 5.80. The van der Waals surface area contributed by atoms with E-state index in [0.717, 1.165) is 19.1 Å². The highest BCUT2D eigenvalue weighted by Gasteiger charge is 2.45. The monoisotopic (exact) mass is 594 g/mol. The van der Waals surface area contributed by atoms with E-state index in [1.54, 1.807) is 56.4 Å². The Labute approximate surface area is 232 Å². The fraction of sp³-hybridized carbons (Fsp3) is 0.385. The van der Waals surface area contributed by atoms with Crippen molar-refractivity contribution >= 4 is 39.6 Å². The van der Waals surface area contributed by atoms with Gasteiger partial charge in [0.25, 0.3) is 5.91 Å². The molecule has 10 nitrogen and oxygen atoms in total. The summed E-state index contributed by atoms with van der Waals surface area (Å²) in [6.07, 6.45) is 2.96. The Morgan fingerprint density at radius 1 is 1.13 bits per heavy atom. The minimum absolute atomic E-state index is 0.172. The molecule has 39 heavy (non-hydrogen) atoms. The van der Waals surface area contributed by atoms with Crippen LogP contribution in [0.15, 0.2) is 52.7 Å². The van der Waals surface area contributed by atoms with E-state index in [-0.39, 0.29) is 16.6 Å². The first kappa shape index (κ1) is 29.2. The number of anilines is 1. The molecule has 0 aliphatic heterocycles. The summed E-state index contributed by atoms with van der Waals surface area (Å²) in [6.45, 7) is 4.10. The van der Waals surface area contributed by atoms with E-state index in [0.29, 0.717) is 41.3 Å². The summed E-state index contributed by atoms with van der Waals surface area (Å²) in [6, 6.07) is 10.9. The summed E-state index contributed by atoms with van der Waals surface area (Å²) in [7, 11) is -4.56. The first-order valence-electron chi connectivity index (χ1n) is 12.2. The molecular weight excluding hydrogens is 563 g/mol. The van der Waals surface area contributed by atoms with Crippen LogP contribution in [0, 0.1) is 0 Å². The molecule has 3 aromatic rings. The summed E-state index contributed by atoms with van der Waals surface area (Å²) < 4.78 is 58.8. The van der Waals surface area contributed by atoms with Crippen LogP contribution < -0.4 is 14.8 Å². The van der Waals surface area contributed by atoms with Crippen molar-refractivity contribution in [2.45, 2.75) is 36.4 Å². The van der Waals surface area contributed by atoms with E-state index in [2.05, 4.69) is 10.3 Å². The van der Waals surface area contributed by atoms with Gasteiger partial charge in [0.1, 0.15) is 22.8 Å². The Morgan fingerprint density at radius 2 is 1.82 bits per heavy atom. The number of carbonyl (C=O) groups excluding carboxylic acids is 1. The van der Waals surface area contributed by atoms with Crippen LogP contribution >= 0.6 is 18.7 Å². The van der Waals surface area contributed by atoms with Crippen molar-refractivity contribution < 1.29 is 36.5 Å². The smallest absolute Gasteiger partial charge is 0.257 e. The molecule has 0 saturated heterocycles. The molecule has 1 saturated carbocycles. The summed E-state index contributed by atoms with van der Waals surface area (Å²) >= 11 is 1.22. The van der Waals surface area contributed by atoms with Crippen molar-refractivity contribution in [2.75, 3.05) is 38.6 Å².